The number of likely N-dealkylation sites (N-methyl/N-ethyl adjacent to an activating group) is 1. The van der Waals surface area contributed by atoms with Gasteiger partial charge in [-0.05, 0) is 40.2 Å². The minimum absolute atomic E-state index is 0.0663. The van der Waals surface area contributed by atoms with Gasteiger partial charge in [0.25, 0.3) is 5.91 Å². The third-order valence-electron chi connectivity index (χ3n) is 3.92. The number of halogens is 1. The average molecular weight is 475 g/mol. The van der Waals surface area contributed by atoms with Gasteiger partial charge in [-0.1, -0.05) is 29.4 Å². The highest BCUT2D eigenvalue weighted by molar-refractivity contribution is 9.10. The predicted octanol–water partition coefficient (Wildman–Crippen LogP) is 4.14. The van der Waals surface area contributed by atoms with Gasteiger partial charge in [-0.2, -0.15) is 4.98 Å². The monoisotopic (exact) mass is 474 g/mol. The molecule has 0 saturated heterocycles. The van der Waals surface area contributed by atoms with E-state index < -0.39 is 0 Å². The quantitative estimate of drug-likeness (QED) is 0.517. The lowest BCUT2D eigenvalue weighted by molar-refractivity contribution is -0.116. The van der Waals surface area contributed by atoms with Crippen molar-refractivity contribution in [2.45, 2.75) is 17.6 Å². The molecule has 0 aliphatic heterocycles. The fourth-order valence-electron chi connectivity index (χ4n) is 2.56. The molecule has 0 aliphatic rings. The van der Waals surface area contributed by atoms with Crippen LogP contribution in [0.25, 0.3) is 0 Å². The first-order chi connectivity index (χ1) is 13.9. The largest absolute Gasteiger partial charge is 0.340 e. The van der Waals surface area contributed by atoms with Gasteiger partial charge in [0, 0.05) is 23.3 Å². The zero-order valence-electron chi connectivity index (χ0n) is 15.9. The third kappa shape index (κ3) is 5.68. The van der Waals surface area contributed by atoms with E-state index in [1.165, 1.54) is 16.7 Å². The maximum atomic E-state index is 12.9. The van der Waals surface area contributed by atoms with Crippen LogP contribution in [-0.2, 0) is 10.5 Å². The molecule has 2 amide bonds. The number of rotatable bonds is 7. The second-order valence-electron chi connectivity index (χ2n) is 6.20. The number of thioether (sulfide) groups is 1. The van der Waals surface area contributed by atoms with Crippen LogP contribution in [0.15, 0.2) is 62.4 Å². The van der Waals surface area contributed by atoms with Gasteiger partial charge in [-0.15, -0.1) is 11.8 Å². The molecule has 0 bridgehead atoms. The van der Waals surface area contributed by atoms with Crippen LogP contribution in [0.4, 0.5) is 5.69 Å². The number of para-hydroxylation sites is 1. The number of amides is 2. The van der Waals surface area contributed by atoms with E-state index in [1.807, 2.05) is 30.3 Å². The standard InChI is InChI=1S/C20H19BrN4O3S/c1-13-22-18(24-28-13)12-29-17-10-6-3-7-14(17)20(27)25(2)11-19(26)23-16-9-5-4-8-15(16)21/h3-10H,11-12H2,1-2H3,(H,23,26). The van der Waals surface area contributed by atoms with E-state index in [1.54, 1.807) is 32.2 Å². The van der Waals surface area contributed by atoms with E-state index >= 15 is 0 Å². The Morgan fingerprint density at radius 3 is 2.62 bits per heavy atom. The summed E-state index contributed by atoms with van der Waals surface area (Å²) in [6, 6.07) is 14.6. The molecule has 150 valence electrons. The van der Waals surface area contributed by atoms with Gasteiger partial charge in [-0.25, -0.2) is 0 Å². The van der Waals surface area contributed by atoms with Crippen LogP contribution in [0.3, 0.4) is 0 Å². The summed E-state index contributed by atoms with van der Waals surface area (Å²) in [5.41, 5.74) is 1.18. The van der Waals surface area contributed by atoms with Crippen molar-refractivity contribution in [1.82, 2.24) is 15.0 Å². The topological polar surface area (TPSA) is 88.3 Å². The van der Waals surface area contributed by atoms with E-state index in [4.69, 9.17) is 4.52 Å². The summed E-state index contributed by atoms with van der Waals surface area (Å²) < 4.78 is 5.75. The summed E-state index contributed by atoms with van der Waals surface area (Å²) in [4.78, 5) is 31.6. The molecule has 29 heavy (non-hydrogen) atoms. The number of nitrogens with zero attached hydrogens (tertiary/aromatic N) is 3. The van der Waals surface area contributed by atoms with Crippen molar-refractivity contribution in [2.24, 2.45) is 0 Å². The lowest BCUT2D eigenvalue weighted by Gasteiger charge is -2.18. The van der Waals surface area contributed by atoms with Crippen molar-refractivity contribution < 1.29 is 14.1 Å². The molecule has 0 unspecified atom stereocenters. The normalized spacial score (nSPS) is 10.6. The van der Waals surface area contributed by atoms with Crippen molar-refractivity contribution in [1.29, 1.82) is 0 Å². The number of carbonyl (C=O) groups is 2. The van der Waals surface area contributed by atoms with Crippen LogP contribution < -0.4 is 5.32 Å². The molecule has 0 aliphatic carbocycles. The summed E-state index contributed by atoms with van der Waals surface area (Å²) in [5, 5.41) is 6.67. The Kier molecular flexibility index (Phi) is 7.05. The molecular formula is C20H19BrN4O3S. The molecule has 3 rings (SSSR count). The Morgan fingerprint density at radius 2 is 1.90 bits per heavy atom. The zero-order chi connectivity index (χ0) is 20.8. The summed E-state index contributed by atoms with van der Waals surface area (Å²) >= 11 is 4.83. The average Bonchev–Trinajstić information content (AvgIpc) is 3.13. The van der Waals surface area contributed by atoms with E-state index in [-0.39, 0.29) is 18.4 Å². The van der Waals surface area contributed by atoms with E-state index in [2.05, 4.69) is 31.4 Å². The van der Waals surface area contributed by atoms with Gasteiger partial charge >= 0.3 is 0 Å². The second-order valence-corrected chi connectivity index (χ2v) is 8.08. The maximum Gasteiger partial charge on any atom is 0.255 e. The van der Waals surface area contributed by atoms with Gasteiger partial charge in [0.05, 0.1) is 23.5 Å². The molecule has 3 aromatic rings. The molecule has 0 saturated carbocycles. The number of anilines is 1. The molecule has 0 radical (unpaired) electrons. The molecule has 9 heteroatoms. The fraction of sp³-hybridized carbons (Fsp3) is 0.200. The van der Waals surface area contributed by atoms with Crippen LogP contribution in [0.1, 0.15) is 22.1 Å². The Balaban J connectivity index is 1.64. The molecular weight excluding hydrogens is 456 g/mol. The van der Waals surface area contributed by atoms with Gasteiger partial charge in [0.15, 0.2) is 5.82 Å². The fourth-order valence-corrected chi connectivity index (χ4v) is 3.83. The van der Waals surface area contributed by atoms with Gasteiger partial charge in [0.2, 0.25) is 11.8 Å². The lowest BCUT2D eigenvalue weighted by atomic mass is 10.2. The molecule has 1 heterocycles. The molecule has 1 N–H and O–H groups in total. The summed E-state index contributed by atoms with van der Waals surface area (Å²) in [6.45, 7) is 1.66. The number of hydrogen-bond acceptors (Lipinski definition) is 6. The first-order valence-corrected chi connectivity index (χ1v) is 10.5. The first kappa shape index (κ1) is 21.1. The summed E-state index contributed by atoms with van der Waals surface area (Å²) in [7, 11) is 1.60. The van der Waals surface area contributed by atoms with Crippen LogP contribution >= 0.6 is 27.7 Å². The van der Waals surface area contributed by atoms with E-state index in [0.29, 0.717) is 28.7 Å². The summed E-state index contributed by atoms with van der Waals surface area (Å²) in [6.07, 6.45) is 0. The van der Waals surface area contributed by atoms with Crippen molar-refractivity contribution in [3.63, 3.8) is 0 Å². The Labute approximate surface area is 181 Å². The van der Waals surface area contributed by atoms with Crippen LogP contribution in [0.5, 0.6) is 0 Å². The maximum absolute atomic E-state index is 12.9. The smallest absolute Gasteiger partial charge is 0.255 e. The summed E-state index contributed by atoms with van der Waals surface area (Å²) in [5.74, 6) is 1.03. The first-order valence-electron chi connectivity index (χ1n) is 8.75. The van der Waals surface area contributed by atoms with Crippen molar-refractivity contribution >= 4 is 45.2 Å². The van der Waals surface area contributed by atoms with Gasteiger partial charge in [0.1, 0.15) is 0 Å². The van der Waals surface area contributed by atoms with Crippen LogP contribution in [0.2, 0.25) is 0 Å². The molecule has 7 nitrogen and oxygen atoms in total. The number of hydrogen-bond donors (Lipinski definition) is 1. The van der Waals surface area contributed by atoms with Gasteiger partial charge < -0.3 is 14.7 Å². The minimum atomic E-state index is -0.278. The number of aromatic nitrogens is 2. The van der Waals surface area contributed by atoms with E-state index in [0.717, 1.165) is 9.37 Å². The Morgan fingerprint density at radius 1 is 1.17 bits per heavy atom. The van der Waals surface area contributed by atoms with E-state index in [9.17, 15) is 9.59 Å². The zero-order valence-corrected chi connectivity index (χ0v) is 18.3. The molecule has 0 spiro atoms. The van der Waals surface area contributed by atoms with Crippen molar-refractivity contribution in [3.8, 4) is 0 Å². The SMILES string of the molecule is Cc1nc(CSc2ccccc2C(=O)N(C)CC(=O)Nc2ccccc2Br)no1. The highest BCUT2D eigenvalue weighted by atomic mass is 79.9. The number of aryl methyl sites for hydroxylation is 1. The Hall–Kier alpha value is -2.65. The number of nitrogens with one attached hydrogen (secondary N) is 1. The predicted molar refractivity (Wildman–Crippen MR) is 115 cm³/mol. The molecule has 2 aromatic carbocycles. The Bertz CT molecular complexity index is 1020. The van der Waals surface area contributed by atoms with Crippen LogP contribution in [0, 0.1) is 6.92 Å². The highest BCUT2D eigenvalue weighted by Gasteiger charge is 2.19. The molecule has 1 aromatic heterocycles. The highest BCUT2D eigenvalue weighted by Crippen LogP contribution is 2.26. The molecule has 0 fully saturated rings. The van der Waals surface area contributed by atoms with Crippen molar-refractivity contribution in [2.75, 3.05) is 18.9 Å². The van der Waals surface area contributed by atoms with Crippen LogP contribution in [-0.4, -0.2) is 40.4 Å². The number of benzene rings is 2. The number of carbonyl (C=O) groups excluding carboxylic acids is 2. The van der Waals surface area contributed by atoms with Crippen molar-refractivity contribution in [3.05, 3.63) is 70.3 Å². The van der Waals surface area contributed by atoms with Gasteiger partial charge in [-0.3, -0.25) is 9.59 Å². The lowest BCUT2D eigenvalue weighted by Crippen LogP contribution is -2.35. The minimum Gasteiger partial charge on any atom is -0.340 e. The third-order valence-corrected chi connectivity index (χ3v) is 5.68. The second kappa shape index (κ2) is 9.71. The molecule has 0 atom stereocenters.